The summed E-state index contributed by atoms with van der Waals surface area (Å²) < 4.78 is 80.7. The minimum Gasteiger partial charge on any atom is -0.465 e. The van der Waals surface area contributed by atoms with Crippen LogP contribution in [0.3, 0.4) is 0 Å². The Labute approximate surface area is 231 Å². The van der Waals surface area contributed by atoms with Crippen molar-refractivity contribution in [2.24, 2.45) is 0 Å². The van der Waals surface area contributed by atoms with Crippen LogP contribution in [0.4, 0.5) is 15.8 Å². The Morgan fingerprint density at radius 1 is 0.675 bits per heavy atom. The molecule has 0 aromatic heterocycles. The fourth-order valence-corrected chi connectivity index (χ4v) is 5.72. The van der Waals surface area contributed by atoms with Crippen LogP contribution in [0.15, 0.2) is 94.7 Å². The minimum atomic E-state index is -4.02. The summed E-state index contributed by atoms with van der Waals surface area (Å²) in [6, 6.07) is 19.7. The van der Waals surface area contributed by atoms with Crippen LogP contribution in [-0.4, -0.2) is 29.9 Å². The molecule has 12 heteroatoms. The number of methoxy groups -OCH3 is 1. The van der Waals surface area contributed by atoms with E-state index < -0.39 is 31.8 Å². The number of esters is 1. The molecular weight excluding hydrogens is 559 g/mol. The summed E-state index contributed by atoms with van der Waals surface area (Å²) in [5.74, 6) is -1.66. The van der Waals surface area contributed by atoms with Crippen LogP contribution < -0.4 is 14.2 Å². The van der Waals surface area contributed by atoms with Gasteiger partial charge in [0.05, 0.1) is 33.8 Å². The number of hydrogen-bond donors (Lipinski definition) is 2. The first-order chi connectivity index (χ1) is 18.9. The van der Waals surface area contributed by atoms with Gasteiger partial charge in [0.25, 0.3) is 20.0 Å². The summed E-state index contributed by atoms with van der Waals surface area (Å²) in [5.41, 5.74) is 1.28. The number of aryl methyl sites for hydroxylation is 2. The van der Waals surface area contributed by atoms with Crippen molar-refractivity contribution in [1.82, 2.24) is 0 Å². The number of benzene rings is 4. The molecule has 4 aromatic rings. The SMILES string of the molecule is COC(=O)c1cc(Oc2ccc(NS(=O)(=O)c3ccc(C)cc3)c(F)c2)ccc1NS(=O)(=O)c1ccc(C)cc1. The summed E-state index contributed by atoms with van der Waals surface area (Å²) in [6.07, 6.45) is 0. The Morgan fingerprint density at radius 2 is 1.12 bits per heavy atom. The van der Waals surface area contributed by atoms with Gasteiger partial charge in [0.2, 0.25) is 0 Å². The van der Waals surface area contributed by atoms with E-state index in [4.69, 9.17) is 9.47 Å². The van der Waals surface area contributed by atoms with Crippen LogP contribution >= 0.6 is 0 Å². The fraction of sp³-hybridized carbons (Fsp3) is 0.107. The predicted octanol–water partition coefficient (Wildman–Crippen LogP) is 5.62. The first kappa shape index (κ1) is 28.6. The molecule has 0 heterocycles. The van der Waals surface area contributed by atoms with Gasteiger partial charge in [-0.2, -0.15) is 0 Å². The summed E-state index contributed by atoms with van der Waals surface area (Å²) in [7, 11) is -6.90. The first-order valence-electron chi connectivity index (χ1n) is 11.8. The predicted molar refractivity (Wildman–Crippen MR) is 148 cm³/mol. The molecular formula is C28H25FN2O7S2. The minimum absolute atomic E-state index is 0.000384. The molecule has 0 unspecified atom stereocenters. The van der Waals surface area contributed by atoms with Crippen molar-refractivity contribution in [3.8, 4) is 11.5 Å². The van der Waals surface area contributed by atoms with E-state index in [1.807, 2.05) is 13.8 Å². The number of anilines is 2. The van der Waals surface area contributed by atoms with E-state index in [-0.39, 0.29) is 38.2 Å². The van der Waals surface area contributed by atoms with Gasteiger partial charge in [-0.1, -0.05) is 35.4 Å². The normalized spacial score (nSPS) is 11.5. The monoisotopic (exact) mass is 584 g/mol. The van der Waals surface area contributed by atoms with Crippen molar-refractivity contribution in [1.29, 1.82) is 0 Å². The highest BCUT2D eigenvalue weighted by molar-refractivity contribution is 7.93. The first-order valence-corrected chi connectivity index (χ1v) is 14.7. The zero-order valence-electron chi connectivity index (χ0n) is 21.6. The van der Waals surface area contributed by atoms with Gasteiger partial charge in [-0.15, -0.1) is 0 Å². The van der Waals surface area contributed by atoms with Crippen LogP contribution in [0.2, 0.25) is 0 Å². The molecule has 9 nitrogen and oxygen atoms in total. The van der Waals surface area contributed by atoms with E-state index in [9.17, 15) is 26.0 Å². The third kappa shape index (κ3) is 6.58. The van der Waals surface area contributed by atoms with E-state index in [1.54, 1.807) is 24.3 Å². The van der Waals surface area contributed by atoms with Gasteiger partial charge in [-0.25, -0.2) is 26.0 Å². The number of nitrogens with one attached hydrogen (secondary N) is 2. The van der Waals surface area contributed by atoms with Crippen LogP contribution in [0.5, 0.6) is 11.5 Å². The summed E-state index contributed by atoms with van der Waals surface area (Å²) >= 11 is 0. The largest absolute Gasteiger partial charge is 0.465 e. The molecule has 0 amide bonds. The second-order valence-electron chi connectivity index (χ2n) is 8.78. The molecule has 0 radical (unpaired) electrons. The average molecular weight is 585 g/mol. The number of rotatable bonds is 9. The van der Waals surface area contributed by atoms with Gasteiger partial charge < -0.3 is 9.47 Å². The molecule has 0 spiro atoms. The van der Waals surface area contributed by atoms with Crippen LogP contribution in [0.25, 0.3) is 0 Å². The van der Waals surface area contributed by atoms with E-state index in [2.05, 4.69) is 9.44 Å². The number of halogens is 1. The van der Waals surface area contributed by atoms with Gasteiger partial charge >= 0.3 is 5.97 Å². The Morgan fingerprint density at radius 3 is 1.60 bits per heavy atom. The van der Waals surface area contributed by atoms with Crippen LogP contribution in [-0.2, 0) is 24.8 Å². The van der Waals surface area contributed by atoms with Gasteiger partial charge in [0.1, 0.15) is 11.5 Å². The van der Waals surface area contributed by atoms with Crippen LogP contribution in [0.1, 0.15) is 21.5 Å². The molecule has 0 bridgehead atoms. The number of hydrogen-bond acceptors (Lipinski definition) is 7. The molecule has 0 atom stereocenters. The molecule has 4 aromatic carbocycles. The lowest BCUT2D eigenvalue weighted by molar-refractivity contribution is 0.0601. The van der Waals surface area contributed by atoms with E-state index in [0.29, 0.717) is 0 Å². The highest BCUT2D eigenvalue weighted by Gasteiger charge is 2.21. The smallest absolute Gasteiger partial charge is 0.340 e. The molecule has 0 saturated carbocycles. The van der Waals surface area contributed by atoms with Crippen molar-refractivity contribution in [3.05, 3.63) is 107 Å². The third-order valence-electron chi connectivity index (χ3n) is 5.72. The van der Waals surface area contributed by atoms with E-state index in [1.165, 1.54) is 54.6 Å². The molecule has 0 fully saturated rings. The number of sulfonamides is 2. The summed E-state index contributed by atoms with van der Waals surface area (Å²) in [5, 5.41) is 0. The molecule has 208 valence electrons. The van der Waals surface area contributed by atoms with Gasteiger partial charge in [0.15, 0.2) is 5.82 Å². The van der Waals surface area contributed by atoms with Crippen molar-refractivity contribution in [3.63, 3.8) is 0 Å². The van der Waals surface area contributed by atoms with E-state index in [0.717, 1.165) is 24.3 Å². The van der Waals surface area contributed by atoms with Gasteiger partial charge in [0, 0.05) is 6.07 Å². The van der Waals surface area contributed by atoms with Gasteiger partial charge in [-0.05, 0) is 68.4 Å². The highest BCUT2D eigenvalue weighted by Crippen LogP contribution is 2.31. The van der Waals surface area contributed by atoms with Crippen molar-refractivity contribution >= 4 is 37.4 Å². The second-order valence-corrected chi connectivity index (χ2v) is 12.1. The molecule has 0 aliphatic heterocycles. The lowest BCUT2D eigenvalue weighted by Crippen LogP contribution is -2.16. The number of ether oxygens (including phenoxy) is 2. The lowest BCUT2D eigenvalue weighted by atomic mass is 10.1. The molecule has 40 heavy (non-hydrogen) atoms. The van der Waals surface area contributed by atoms with Crippen molar-refractivity contribution in [2.45, 2.75) is 23.6 Å². The Kier molecular flexibility index (Phi) is 8.12. The molecule has 0 aliphatic carbocycles. The molecule has 0 saturated heterocycles. The van der Waals surface area contributed by atoms with E-state index >= 15 is 0 Å². The molecule has 4 rings (SSSR count). The second kappa shape index (κ2) is 11.4. The standard InChI is InChI=1S/C28H25FN2O7S2/c1-18-4-10-22(11-5-18)39(33,34)30-26-14-8-20(16-24(26)28(32)37-3)38-21-9-15-27(25(29)17-21)31-40(35,36)23-12-6-19(2)7-13-23/h4-17,30-31H,1-3H3. The summed E-state index contributed by atoms with van der Waals surface area (Å²) in [6.45, 7) is 3.63. The Hall–Kier alpha value is -4.42. The molecule has 0 aliphatic rings. The van der Waals surface area contributed by atoms with Crippen LogP contribution in [0, 0.1) is 19.7 Å². The average Bonchev–Trinajstić information content (AvgIpc) is 2.91. The maximum Gasteiger partial charge on any atom is 0.340 e. The quantitative estimate of drug-likeness (QED) is 0.244. The maximum atomic E-state index is 14.8. The zero-order valence-corrected chi connectivity index (χ0v) is 23.3. The molecule has 2 N–H and O–H groups in total. The maximum absolute atomic E-state index is 14.8. The number of carbonyl (C=O) groups excluding carboxylic acids is 1. The number of carbonyl (C=O) groups is 1. The fourth-order valence-electron chi connectivity index (χ4n) is 3.58. The van der Waals surface area contributed by atoms with Crippen molar-refractivity contribution < 1.29 is 35.5 Å². The third-order valence-corrected chi connectivity index (χ3v) is 8.49. The lowest BCUT2D eigenvalue weighted by Gasteiger charge is -2.14. The zero-order chi connectivity index (χ0) is 29.1. The Balaban J connectivity index is 1.56. The van der Waals surface area contributed by atoms with Gasteiger partial charge in [-0.3, -0.25) is 9.44 Å². The highest BCUT2D eigenvalue weighted by atomic mass is 32.2. The summed E-state index contributed by atoms with van der Waals surface area (Å²) in [4.78, 5) is 12.4. The van der Waals surface area contributed by atoms with Crippen molar-refractivity contribution in [2.75, 3.05) is 16.6 Å². The Bertz CT molecular complexity index is 1770. The topological polar surface area (TPSA) is 128 Å².